The van der Waals surface area contributed by atoms with Crippen LogP contribution in [-0.2, 0) is 11.3 Å². The lowest BCUT2D eigenvalue weighted by Gasteiger charge is -2.10. The first-order valence-electron chi connectivity index (χ1n) is 7.01. The van der Waals surface area contributed by atoms with Crippen molar-refractivity contribution in [1.29, 1.82) is 0 Å². The molecule has 1 amide bonds. The fourth-order valence-corrected chi connectivity index (χ4v) is 1.95. The van der Waals surface area contributed by atoms with Gasteiger partial charge in [-0.3, -0.25) is 4.79 Å². The number of nitrogens with one attached hydrogen (secondary N) is 1. The molecule has 1 fully saturated rings. The second kappa shape index (κ2) is 5.73. The monoisotopic (exact) mass is 301 g/mol. The van der Waals surface area contributed by atoms with Gasteiger partial charge in [0, 0.05) is 24.9 Å². The number of carbonyl (C=O) groups excluding carboxylic acids is 1. The Bertz CT molecular complexity index is 684. The van der Waals surface area contributed by atoms with Crippen LogP contribution in [0.3, 0.4) is 0 Å². The number of rotatable bonds is 5. The van der Waals surface area contributed by atoms with Crippen LogP contribution in [0.5, 0.6) is 11.6 Å². The zero-order valence-corrected chi connectivity index (χ0v) is 11.9. The molecule has 1 heterocycles. The molecule has 1 saturated carbocycles. The fraction of sp³-hybridized carbons (Fsp3) is 0.250. The first-order valence-corrected chi connectivity index (χ1v) is 7.01. The van der Waals surface area contributed by atoms with Crippen molar-refractivity contribution in [2.75, 3.05) is 0 Å². The summed E-state index contributed by atoms with van der Waals surface area (Å²) in [4.78, 5) is 15.9. The van der Waals surface area contributed by atoms with Gasteiger partial charge in [0.05, 0.1) is 5.54 Å². The molecule has 3 N–H and O–H groups in total. The zero-order chi connectivity index (χ0) is 15.6. The molecule has 0 bridgehead atoms. The number of hydrogen-bond acceptors (Lipinski definition) is 4. The van der Waals surface area contributed by atoms with Gasteiger partial charge in [0.1, 0.15) is 11.6 Å². The van der Waals surface area contributed by atoms with Crippen LogP contribution in [0.4, 0.5) is 4.39 Å². The predicted molar refractivity (Wildman–Crippen MR) is 78.7 cm³/mol. The summed E-state index contributed by atoms with van der Waals surface area (Å²) in [5, 5.41) is 2.78. The quantitative estimate of drug-likeness (QED) is 0.887. The SMILES string of the molecule is NC1(C(=O)NCc2ccc(Oc3cccc(F)c3)nc2)CC1. The smallest absolute Gasteiger partial charge is 0.240 e. The molecule has 1 aromatic carbocycles. The molecule has 5 nitrogen and oxygen atoms in total. The van der Waals surface area contributed by atoms with E-state index in [1.54, 1.807) is 30.5 Å². The number of hydrogen-bond donors (Lipinski definition) is 2. The number of benzene rings is 1. The van der Waals surface area contributed by atoms with Crippen LogP contribution < -0.4 is 15.8 Å². The van der Waals surface area contributed by atoms with Gasteiger partial charge in [0.15, 0.2) is 0 Å². The molecule has 0 saturated heterocycles. The highest BCUT2D eigenvalue weighted by atomic mass is 19.1. The van der Waals surface area contributed by atoms with Crippen molar-refractivity contribution >= 4 is 5.91 Å². The number of aromatic nitrogens is 1. The molecule has 1 aliphatic carbocycles. The molecule has 2 aromatic rings. The first kappa shape index (κ1) is 14.5. The first-order chi connectivity index (χ1) is 10.5. The zero-order valence-electron chi connectivity index (χ0n) is 11.9. The van der Waals surface area contributed by atoms with Crippen molar-refractivity contribution in [2.45, 2.75) is 24.9 Å². The van der Waals surface area contributed by atoms with Crippen LogP contribution in [0.1, 0.15) is 18.4 Å². The summed E-state index contributed by atoms with van der Waals surface area (Å²) >= 11 is 0. The van der Waals surface area contributed by atoms with Gasteiger partial charge in [-0.05, 0) is 30.5 Å². The van der Waals surface area contributed by atoms with E-state index in [1.165, 1.54) is 12.1 Å². The van der Waals surface area contributed by atoms with Gasteiger partial charge in [0.2, 0.25) is 11.8 Å². The molecule has 0 radical (unpaired) electrons. The Labute approximate surface area is 127 Å². The third kappa shape index (κ3) is 3.40. The summed E-state index contributed by atoms with van der Waals surface area (Å²) in [6, 6.07) is 9.30. The lowest BCUT2D eigenvalue weighted by atomic mass is 10.2. The average Bonchev–Trinajstić information content (AvgIpc) is 3.25. The molecule has 6 heteroatoms. The Morgan fingerprint density at radius 1 is 1.36 bits per heavy atom. The lowest BCUT2D eigenvalue weighted by Crippen LogP contribution is -2.42. The topological polar surface area (TPSA) is 77.2 Å². The van der Waals surface area contributed by atoms with Gasteiger partial charge in [-0.15, -0.1) is 0 Å². The van der Waals surface area contributed by atoms with Gasteiger partial charge < -0.3 is 15.8 Å². The van der Waals surface area contributed by atoms with Crippen LogP contribution in [0.15, 0.2) is 42.6 Å². The lowest BCUT2D eigenvalue weighted by molar-refractivity contribution is -0.123. The predicted octanol–water partition coefficient (Wildman–Crippen LogP) is 2.12. The summed E-state index contributed by atoms with van der Waals surface area (Å²) in [6.45, 7) is 0.366. The molecule has 1 aliphatic rings. The summed E-state index contributed by atoms with van der Waals surface area (Å²) in [7, 11) is 0. The number of nitrogens with zero attached hydrogens (tertiary/aromatic N) is 1. The number of carbonyl (C=O) groups is 1. The Balaban J connectivity index is 1.57. The van der Waals surface area contributed by atoms with Crippen LogP contribution >= 0.6 is 0 Å². The summed E-state index contributed by atoms with van der Waals surface area (Å²) < 4.78 is 18.5. The minimum absolute atomic E-state index is 0.132. The van der Waals surface area contributed by atoms with E-state index in [-0.39, 0.29) is 11.7 Å². The number of pyridine rings is 1. The van der Waals surface area contributed by atoms with Crippen LogP contribution in [-0.4, -0.2) is 16.4 Å². The van der Waals surface area contributed by atoms with Crippen molar-refractivity contribution in [2.24, 2.45) is 5.73 Å². The van der Waals surface area contributed by atoms with E-state index < -0.39 is 5.54 Å². The molecule has 1 aromatic heterocycles. The van der Waals surface area contributed by atoms with E-state index >= 15 is 0 Å². The second-order valence-corrected chi connectivity index (χ2v) is 5.40. The molecule has 114 valence electrons. The Morgan fingerprint density at radius 3 is 2.82 bits per heavy atom. The Kier molecular flexibility index (Phi) is 3.77. The van der Waals surface area contributed by atoms with E-state index in [4.69, 9.17) is 10.5 Å². The Hall–Kier alpha value is -2.47. The minimum atomic E-state index is -0.673. The maximum absolute atomic E-state index is 13.1. The van der Waals surface area contributed by atoms with Crippen LogP contribution in [0.2, 0.25) is 0 Å². The highest BCUT2D eigenvalue weighted by Crippen LogP contribution is 2.32. The molecule has 22 heavy (non-hydrogen) atoms. The third-order valence-electron chi connectivity index (χ3n) is 3.51. The second-order valence-electron chi connectivity index (χ2n) is 5.40. The maximum atomic E-state index is 13.1. The van der Waals surface area contributed by atoms with Crippen molar-refractivity contribution in [3.63, 3.8) is 0 Å². The normalized spacial score (nSPS) is 15.2. The Morgan fingerprint density at radius 2 is 2.18 bits per heavy atom. The van der Waals surface area contributed by atoms with E-state index in [9.17, 15) is 9.18 Å². The van der Waals surface area contributed by atoms with Gasteiger partial charge in [-0.1, -0.05) is 12.1 Å². The summed E-state index contributed by atoms with van der Waals surface area (Å²) in [5.74, 6) is 0.241. The molecular weight excluding hydrogens is 285 g/mol. The van der Waals surface area contributed by atoms with Gasteiger partial charge in [-0.2, -0.15) is 0 Å². The van der Waals surface area contributed by atoms with Gasteiger partial charge in [-0.25, -0.2) is 9.37 Å². The van der Waals surface area contributed by atoms with Crippen molar-refractivity contribution in [3.8, 4) is 11.6 Å². The standard InChI is InChI=1S/C16H16FN3O2/c17-12-2-1-3-13(8-12)22-14-5-4-11(9-19-14)10-20-15(21)16(18)6-7-16/h1-5,8-9H,6-7,10,18H2,(H,20,21). The highest BCUT2D eigenvalue weighted by molar-refractivity contribution is 5.88. The minimum Gasteiger partial charge on any atom is -0.439 e. The largest absolute Gasteiger partial charge is 0.439 e. The van der Waals surface area contributed by atoms with E-state index in [2.05, 4.69) is 10.3 Å². The molecule has 0 atom stereocenters. The molecule has 0 unspecified atom stereocenters. The van der Waals surface area contributed by atoms with E-state index in [1.807, 2.05) is 0 Å². The van der Waals surface area contributed by atoms with Crippen LogP contribution in [0, 0.1) is 5.82 Å². The highest BCUT2D eigenvalue weighted by Gasteiger charge is 2.45. The van der Waals surface area contributed by atoms with Crippen molar-refractivity contribution in [1.82, 2.24) is 10.3 Å². The average molecular weight is 301 g/mol. The van der Waals surface area contributed by atoms with E-state index in [0.717, 1.165) is 18.4 Å². The number of nitrogens with two attached hydrogens (primary N) is 1. The summed E-state index contributed by atoms with van der Waals surface area (Å²) in [5.41, 5.74) is 5.96. The van der Waals surface area contributed by atoms with Gasteiger partial charge in [0.25, 0.3) is 0 Å². The third-order valence-corrected chi connectivity index (χ3v) is 3.51. The van der Waals surface area contributed by atoms with Crippen LogP contribution in [0.25, 0.3) is 0 Å². The van der Waals surface area contributed by atoms with Gasteiger partial charge >= 0.3 is 0 Å². The molecule has 0 spiro atoms. The molecule has 0 aliphatic heterocycles. The number of halogens is 1. The number of amides is 1. The van der Waals surface area contributed by atoms with Crippen molar-refractivity contribution in [3.05, 3.63) is 54.0 Å². The maximum Gasteiger partial charge on any atom is 0.240 e. The summed E-state index contributed by atoms with van der Waals surface area (Å²) in [6.07, 6.45) is 3.07. The fourth-order valence-electron chi connectivity index (χ4n) is 1.95. The van der Waals surface area contributed by atoms with Crippen molar-refractivity contribution < 1.29 is 13.9 Å². The number of ether oxygens (including phenoxy) is 1. The molecule has 3 rings (SSSR count). The molecular formula is C16H16FN3O2. The van der Waals surface area contributed by atoms with E-state index in [0.29, 0.717) is 18.2 Å².